The van der Waals surface area contributed by atoms with Gasteiger partial charge in [-0.25, -0.2) is 4.98 Å². The number of hydrogen-bond acceptors (Lipinski definition) is 4. The Labute approximate surface area is 83.3 Å². The van der Waals surface area contributed by atoms with Gasteiger partial charge in [0, 0.05) is 18.2 Å². The van der Waals surface area contributed by atoms with Gasteiger partial charge in [0.2, 0.25) is 5.88 Å². The van der Waals surface area contributed by atoms with E-state index in [1.165, 1.54) is 7.11 Å². The van der Waals surface area contributed by atoms with E-state index in [1.54, 1.807) is 12.3 Å². The molecule has 0 atom stereocenters. The molecule has 0 aliphatic rings. The first kappa shape index (κ1) is 10.6. The highest BCUT2D eigenvalue weighted by atomic mass is 16.5. The maximum absolute atomic E-state index is 11.4. The summed E-state index contributed by atoms with van der Waals surface area (Å²) in [5.74, 6) is 1.16. The second-order valence-corrected chi connectivity index (χ2v) is 3.31. The van der Waals surface area contributed by atoms with Crippen molar-refractivity contribution in [2.75, 3.05) is 7.11 Å². The molecule has 1 rings (SSSR count). The van der Waals surface area contributed by atoms with Crippen LogP contribution in [0.25, 0.3) is 0 Å². The Balaban J connectivity index is 2.72. The molecule has 4 nitrogen and oxygen atoms in total. The fourth-order valence-electron chi connectivity index (χ4n) is 0.939. The summed E-state index contributed by atoms with van der Waals surface area (Å²) in [6.45, 7) is 3.73. The molecule has 0 saturated carbocycles. The molecule has 14 heavy (non-hydrogen) atoms. The van der Waals surface area contributed by atoms with Crippen LogP contribution in [0.4, 0.5) is 0 Å². The molecule has 0 saturated heterocycles. The van der Waals surface area contributed by atoms with Gasteiger partial charge in [-0.1, -0.05) is 13.8 Å². The molecule has 0 aromatic carbocycles. The van der Waals surface area contributed by atoms with Crippen LogP contribution < -0.4 is 4.74 Å². The fourth-order valence-corrected chi connectivity index (χ4v) is 0.939. The summed E-state index contributed by atoms with van der Waals surface area (Å²) in [5, 5.41) is 0. The molecule has 0 spiro atoms. The van der Waals surface area contributed by atoms with Crippen LogP contribution in [-0.4, -0.2) is 22.9 Å². The summed E-state index contributed by atoms with van der Waals surface area (Å²) in [6, 6.07) is 1.66. The van der Waals surface area contributed by atoms with Crippen LogP contribution in [0.3, 0.4) is 0 Å². The number of hydrogen-bond donors (Lipinski definition) is 0. The van der Waals surface area contributed by atoms with Crippen LogP contribution in [0.2, 0.25) is 0 Å². The van der Waals surface area contributed by atoms with Crippen molar-refractivity contribution in [3.05, 3.63) is 18.1 Å². The number of rotatable bonds is 4. The quantitative estimate of drug-likeness (QED) is 0.724. The van der Waals surface area contributed by atoms with E-state index in [0.29, 0.717) is 11.7 Å². The lowest BCUT2D eigenvalue weighted by Gasteiger charge is -2.03. The van der Waals surface area contributed by atoms with Crippen LogP contribution in [0.1, 0.15) is 19.7 Å². The van der Waals surface area contributed by atoms with Crippen molar-refractivity contribution in [3.63, 3.8) is 0 Å². The predicted octanol–water partition coefficient (Wildman–Crippen LogP) is 1.25. The highest BCUT2D eigenvalue weighted by molar-refractivity contribution is 5.81. The molecule has 0 bridgehead atoms. The van der Waals surface area contributed by atoms with Crippen LogP contribution in [0.5, 0.6) is 5.88 Å². The molecule has 0 unspecified atom stereocenters. The number of carbonyl (C=O) groups excluding carboxylic acids is 1. The zero-order valence-corrected chi connectivity index (χ0v) is 8.65. The second-order valence-electron chi connectivity index (χ2n) is 3.31. The van der Waals surface area contributed by atoms with Crippen LogP contribution >= 0.6 is 0 Å². The molecule has 0 aliphatic heterocycles. The third kappa shape index (κ3) is 2.80. The van der Waals surface area contributed by atoms with Gasteiger partial charge in [0.15, 0.2) is 0 Å². The lowest BCUT2D eigenvalue weighted by molar-refractivity contribution is -0.121. The van der Waals surface area contributed by atoms with Gasteiger partial charge in [0.1, 0.15) is 11.6 Å². The van der Waals surface area contributed by atoms with Crippen molar-refractivity contribution in [3.8, 4) is 5.88 Å². The highest BCUT2D eigenvalue weighted by Crippen LogP contribution is 2.06. The van der Waals surface area contributed by atoms with Crippen LogP contribution in [0, 0.1) is 5.92 Å². The number of carbonyl (C=O) groups is 1. The van der Waals surface area contributed by atoms with E-state index in [9.17, 15) is 4.79 Å². The summed E-state index contributed by atoms with van der Waals surface area (Å²) >= 11 is 0. The number of ketones is 1. The van der Waals surface area contributed by atoms with Crippen molar-refractivity contribution in [2.45, 2.75) is 20.3 Å². The van der Waals surface area contributed by atoms with Gasteiger partial charge in [0.05, 0.1) is 13.5 Å². The SMILES string of the molecule is COc1ccnc(CC(=O)C(C)C)n1. The first-order valence-electron chi connectivity index (χ1n) is 4.52. The molecule has 0 radical (unpaired) electrons. The standard InChI is InChI=1S/C10H14N2O2/c1-7(2)8(13)6-9-11-5-4-10(12-9)14-3/h4-5,7H,6H2,1-3H3. The molecule has 76 valence electrons. The maximum atomic E-state index is 11.4. The molecule has 0 amide bonds. The van der Waals surface area contributed by atoms with E-state index >= 15 is 0 Å². The van der Waals surface area contributed by atoms with Gasteiger partial charge >= 0.3 is 0 Å². The Morgan fingerprint density at radius 3 is 2.86 bits per heavy atom. The Morgan fingerprint density at radius 1 is 1.57 bits per heavy atom. The van der Waals surface area contributed by atoms with Crippen molar-refractivity contribution in [2.24, 2.45) is 5.92 Å². The summed E-state index contributed by atoms with van der Waals surface area (Å²) in [6.07, 6.45) is 1.86. The summed E-state index contributed by atoms with van der Waals surface area (Å²) in [4.78, 5) is 19.4. The highest BCUT2D eigenvalue weighted by Gasteiger charge is 2.10. The first-order valence-corrected chi connectivity index (χ1v) is 4.52. The normalized spacial score (nSPS) is 10.3. The Kier molecular flexibility index (Phi) is 3.56. The minimum absolute atomic E-state index is 0.0183. The first-order chi connectivity index (χ1) is 6.63. The predicted molar refractivity (Wildman–Crippen MR) is 52.1 cm³/mol. The number of Topliss-reactive ketones (excluding diaryl/α,β-unsaturated/α-hetero) is 1. The average Bonchev–Trinajstić information content (AvgIpc) is 2.18. The van der Waals surface area contributed by atoms with E-state index < -0.39 is 0 Å². The van der Waals surface area contributed by atoms with Crippen molar-refractivity contribution in [1.29, 1.82) is 0 Å². The van der Waals surface area contributed by atoms with Crippen LogP contribution in [0.15, 0.2) is 12.3 Å². The van der Waals surface area contributed by atoms with E-state index in [4.69, 9.17) is 4.74 Å². The molecule has 1 aromatic rings. The fraction of sp³-hybridized carbons (Fsp3) is 0.500. The van der Waals surface area contributed by atoms with Gasteiger partial charge in [0.25, 0.3) is 0 Å². The molecule has 1 aromatic heterocycles. The summed E-state index contributed by atoms with van der Waals surface area (Å²) in [5.41, 5.74) is 0. The monoisotopic (exact) mass is 194 g/mol. The van der Waals surface area contributed by atoms with Crippen LogP contribution in [-0.2, 0) is 11.2 Å². The molecular weight excluding hydrogens is 180 g/mol. The number of ether oxygens (including phenoxy) is 1. The van der Waals surface area contributed by atoms with E-state index in [-0.39, 0.29) is 18.1 Å². The van der Waals surface area contributed by atoms with Crippen molar-refractivity contribution >= 4 is 5.78 Å². The number of aromatic nitrogens is 2. The van der Waals surface area contributed by atoms with Gasteiger partial charge in [-0.3, -0.25) is 4.79 Å². The summed E-state index contributed by atoms with van der Waals surface area (Å²) in [7, 11) is 1.54. The number of nitrogens with zero attached hydrogens (tertiary/aromatic N) is 2. The Morgan fingerprint density at radius 2 is 2.29 bits per heavy atom. The lowest BCUT2D eigenvalue weighted by Crippen LogP contribution is -2.12. The molecule has 0 fully saturated rings. The third-order valence-corrected chi connectivity index (χ3v) is 1.87. The van der Waals surface area contributed by atoms with E-state index in [1.807, 2.05) is 13.8 Å². The molecular formula is C10H14N2O2. The van der Waals surface area contributed by atoms with Gasteiger partial charge in [-0.05, 0) is 0 Å². The van der Waals surface area contributed by atoms with E-state index in [2.05, 4.69) is 9.97 Å². The van der Waals surface area contributed by atoms with Crippen molar-refractivity contribution < 1.29 is 9.53 Å². The lowest BCUT2D eigenvalue weighted by atomic mass is 10.1. The maximum Gasteiger partial charge on any atom is 0.216 e. The Bertz CT molecular complexity index is 324. The second kappa shape index (κ2) is 4.69. The average molecular weight is 194 g/mol. The molecule has 4 heteroatoms. The Hall–Kier alpha value is -1.45. The smallest absolute Gasteiger partial charge is 0.216 e. The largest absolute Gasteiger partial charge is 0.481 e. The molecule has 0 N–H and O–H groups in total. The van der Waals surface area contributed by atoms with Gasteiger partial charge < -0.3 is 4.74 Å². The minimum Gasteiger partial charge on any atom is -0.481 e. The zero-order chi connectivity index (χ0) is 10.6. The van der Waals surface area contributed by atoms with Gasteiger partial charge in [-0.15, -0.1) is 0 Å². The van der Waals surface area contributed by atoms with Gasteiger partial charge in [-0.2, -0.15) is 4.98 Å². The minimum atomic E-state index is 0.0183. The number of methoxy groups -OCH3 is 1. The molecule has 1 heterocycles. The third-order valence-electron chi connectivity index (χ3n) is 1.87. The van der Waals surface area contributed by atoms with Crippen molar-refractivity contribution in [1.82, 2.24) is 9.97 Å². The zero-order valence-electron chi connectivity index (χ0n) is 8.65. The molecule has 0 aliphatic carbocycles. The summed E-state index contributed by atoms with van der Waals surface area (Å²) < 4.78 is 4.93. The topological polar surface area (TPSA) is 52.1 Å². The van der Waals surface area contributed by atoms with E-state index in [0.717, 1.165) is 0 Å².